The van der Waals surface area contributed by atoms with E-state index in [0.29, 0.717) is 23.9 Å². The monoisotopic (exact) mass is 969 g/mol. The molecule has 0 aliphatic rings. The van der Waals surface area contributed by atoms with Crippen molar-refractivity contribution in [3.8, 4) is 0 Å². The number of likely N-dealkylation sites (N-methyl/N-ethyl adjacent to an activating group) is 1. The molecule has 0 aromatic rings. The van der Waals surface area contributed by atoms with Crippen LogP contribution in [0.2, 0.25) is 0 Å². The van der Waals surface area contributed by atoms with Crippen LogP contribution in [0.5, 0.6) is 0 Å². The van der Waals surface area contributed by atoms with Crippen LogP contribution in [0.15, 0.2) is 12.2 Å². The van der Waals surface area contributed by atoms with Crippen molar-refractivity contribution in [2.24, 2.45) is 0 Å². The van der Waals surface area contributed by atoms with E-state index in [1.165, 1.54) is 238 Å². The van der Waals surface area contributed by atoms with Crippen LogP contribution >= 0.6 is 7.82 Å². The molecule has 400 valence electrons. The van der Waals surface area contributed by atoms with Gasteiger partial charge in [-0.15, -0.1) is 0 Å². The average molecular weight is 970 g/mol. The van der Waals surface area contributed by atoms with Crippen molar-refractivity contribution < 1.29 is 32.9 Å². The maximum atomic E-state index is 13.0. The maximum absolute atomic E-state index is 13.0. The van der Waals surface area contributed by atoms with E-state index in [1.807, 2.05) is 21.1 Å². The number of unbranched alkanes of at least 4 members (excludes halogenated alkanes) is 40. The molecule has 3 unspecified atom stereocenters. The van der Waals surface area contributed by atoms with Gasteiger partial charge in [-0.25, -0.2) is 0 Å². The lowest BCUT2D eigenvalue weighted by atomic mass is 10.0. The van der Waals surface area contributed by atoms with Crippen LogP contribution in [0, 0.1) is 0 Å². The Balaban J connectivity index is 4.14. The SMILES string of the molecule is CCCCCCCCCCCC/C=C\CCCCCCCCCC(=O)NC(COP(=O)([O-])OCC[N+](C)(C)C)C(O)CCCCCCCCCCCCCCCCCCCCCCCCCC. The highest BCUT2D eigenvalue weighted by molar-refractivity contribution is 7.45. The van der Waals surface area contributed by atoms with Crippen LogP contribution in [0.3, 0.4) is 0 Å². The van der Waals surface area contributed by atoms with E-state index >= 15 is 0 Å². The van der Waals surface area contributed by atoms with Gasteiger partial charge in [0, 0.05) is 6.42 Å². The quantitative estimate of drug-likeness (QED) is 0.0272. The molecule has 0 aromatic heterocycles. The van der Waals surface area contributed by atoms with Gasteiger partial charge >= 0.3 is 0 Å². The lowest BCUT2D eigenvalue weighted by molar-refractivity contribution is -0.870. The molecule has 0 saturated heterocycles. The predicted molar refractivity (Wildman–Crippen MR) is 289 cm³/mol. The zero-order valence-corrected chi connectivity index (χ0v) is 46.5. The fourth-order valence-corrected chi connectivity index (χ4v) is 9.82. The van der Waals surface area contributed by atoms with Gasteiger partial charge in [0.1, 0.15) is 13.2 Å². The van der Waals surface area contributed by atoms with Gasteiger partial charge in [-0.05, 0) is 38.5 Å². The number of hydrogen-bond donors (Lipinski definition) is 2. The number of hydrogen-bond acceptors (Lipinski definition) is 6. The number of aliphatic hydroxyl groups excluding tert-OH is 1. The van der Waals surface area contributed by atoms with Gasteiger partial charge in [-0.1, -0.05) is 270 Å². The zero-order valence-electron chi connectivity index (χ0n) is 45.6. The fourth-order valence-electron chi connectivity index (χ4n) is 9.10. The van der Waals surface area contributed by atoms with Crippen LogP contribution in [-0.2, 0) is 18.4 Å². The molecule has 0 spiro atoms. The molecule has 1 amide bonds. The van der Waals surface area contributed by atoms with Crippen LogP contribution in [0.4, 0.5) is 0 Å². The number of carbonyl (C=O) groups excluding carboxylic acids is 1. The van der Waals surface area contributed by atoms with Gasteiger partial charge in [0.05, 0.1) is 39.9 Å². The molecule has 0 rings (SSSR count). The second-order valence-corrected chi connectivity index (χ2v) is 23.1. The standard InChI is InChI=1S/C58H117N2O6P/c1-6-8-10-12-14-16-18-20-22-24-26-28-29-30-32-33-35-37-39-41-43-45-47-49-51-57(61)56(55-66-67(63,64)65-54-53-60(3,4)5)59-58(62)52-50-48-46-44-42-40-38-36-34-31-27-25-23-21-19-17-15-13-11-9-7-2/h31,34,56-57,61H,6-30,32-33,35-55H2,1-5H3,(H-,59,62,63,64)/b34-31-. The molecule has 0 bridgehead atoms. The van der Waals surface area contributed by atoms with Crippen molar-refractivity contribution in [1.82, 2.24) is 5.32 Å². The Kier molecular flexibility index (Phi) is 49.6. The van der Waals surface area contributed by atoms with E-state index in [4.69, 9.17) is 9.05 Å². The molecule has 0 aliphatic heterocycles. The Bertz CT molecular complexity index is 1100. The normalized spacial score (nSPS) is 14.0. The van der Waals surface area contributed by atoms with Crippen molar-refractivity contribution in [2.75, 3.05) is 40.9 Å². The first kappa shape index (κ1) is 66.2. The number of carbonyl (C=O) groups is 1. The fraction of sp³-hybridized carbons (Fsp3) is 0.948. The second kappa shape index (κ2) is 50.2. The minimum Gasteiger partial charge on any atom is -0.756 e. The van der Waals surface area contributed by atoms with Crippen molar-refractivity contribution in [3.05, 3.63) is 12.2 Å². The number of quaternary nitrogens is 1. The summed E-state index contributed by atoms with van der Waals surface area (Å²) in [5, 5.41) is 14.0. The third-order valence-corrected chi connectivity index (χ3v) is 14.7. The molecule has 0 radical (unpaired) electrons. The summed E-state index contributed by atoms with van der Waals surface area (Å²) in [7, 11) is 1.32. The first-order valence-corrected chi connectivity index (χ1v) is 31.0. The lowest BCUT2D eigenvalue weighted by Gasteiger charge is -2.30. The molecular weight excluding hydrogens is 852 g/mol. The van der Waals surface area contributed by atoms with Crippen molar-refractivity contribution in [1.29, 1.82) is 0 Å². The molecule has 0 aromatic carbocycles. The van der Waals surface area contributed by atoms with Crippen LogP contribution < -0.4 is 10.2 Å². The Labute approximate surface area is 418 Å². The number of nitrogens with one attached hydrogen (secondary N) is 1. The summed E-state index contributed by atoms with van der Waals surface area (Å²) >= 11 is 0. The summed E-state index contributed by atoms with van der Waals surface area (Å²) in [5.41, 5.74) is 0. The molecule has 3 atom stereocenters. The highest BCUT2D eigenvalue weighted by atomic mass is 31.2. The number of aliphatic hydroxyl groups is 1. The Morgan fingerprint density at radius 3 is 1.16 bits per heavy atom. The van der Waals surface area contributed by atoms with Crippen LogP contribution in [0.25, 0.3) is 0 Å². The summed E-state index contributed by atoms with van der Waals surface area (Å²) in [6.45, 7) is 4.77. The summed E-state index contributed by atoms with van der Waals surface area (Å²) in [5.74, 6) is -0.163. The second-order valence-electron chi connectivity index (χ2n) is 21.7. The van der Waals surface area contributed by atoms with Gasteiger partial charge in [-0.3, -0.25) is 9.36 Å². The van der Waals surface area contributed by atoms with E-state index in [-0.39, 0.29) is 19.1 Å². The number of rotatable bonds is 55. The average Bonchev–Trinajstić information content (AvgIpc) is 3.29. The minimum absolute atomic E-state index is 0.0138. The highest BCUT2D eigenvalue weighted by Gasteiger charge is 2.24. The van der Waals surface area contributed by atoms with Gasteiger partial charge in [0.2, 0.25) is 5.91 Å². The molecule has 0 saturated carbocycles. The number of nitrogens with zero attached hydrogens (tertiary/aromatic N) is 1. The zero-order chi connectivity index (χ0) is 49.2. The molecule has 0 heterocycles. The molecule has 2 N–H and O–H groups in total. The number of phosphoric ester groups is 1. The number of amides is 1. The molecule has 0 fully saturated rings. The summed E-state index contributed by atoms with van der Waals surface area (Å²) in [4.78, 5) is 25.5. The van der Waals surface area contributed by atoms with E-state index in [2.05, 4.69) is 31.3 Å². The smallest absolute Gasteiger partial charge is 0.268 e. The summed E-state index contributed by atoms with van der Waals surface area (Å²) in [6, 6.07) is -0.801. The van der Waals surface area contributed by atoms with E-state index in [1.54, 1.807) is 0 Å². The van der Waals surface area contributed by atoms with Crippen LogP contribution in [0.1, 0.15) is 303 Å². The third kappa shape index (κ3) is 52.9. The number of phosphoric acid groups is 1. The number of allylic oxidation sites excluding steroid dienone is 2. The Morgan fingerprint density at radius 1 is 0.507 bits per heavy atom. The van der Waals surface area contributed by atoms with Gasteiger partial charge in [0.15, 0.2) is 0 Å². The first-order valence-electron chi connectivity index (χ1n) is 29.5. The van der Waals surface area contributed by atoms with Crippen molar-refractivity contribution in [2.45, 2.75) is 315 Å². The molecule has 67 heavy (non-hydrogen) atoms. The van der Waals surface area contributed by atoms with E-state index in [9.17, 15) is 19.4 Å². The third-order valence-electron chi connectivity index (χ3n) is 13.8. The largest absolute Gasteiger partial charge is 0.756 e. The van der Waals surface area contributed by atoms with E-state index in [0.717, 1.165) is 38.5 Å². The van der Waals surface area contributed by atoms with Crippen molar-refractivity contribution >= 4 is 13.7 Å². The van der Waals surface area contributed by atoms with Gasteiger partial charge < -0.3 is 28.8 Å². The maximum Gasteiger partial charge on any atom is 0.268 e. The Morgan fingerprint density at radius 2 is 0.821 bits per heavy atom. The van der Waals surface area contributed by atoms with Crippen molar-refractivity contribution in [3.63, 3.8) is 0 Å². The summed E-state index contributed by atoms with van der Waals surface area (Å²) in [6.07, 6.45) is 61.0. The molecule has 0 aliphatic carbocycles. The summed E-state index contributed by atoms with van der Waals surface area (Å²) < 4.78 is 23.4. The van der Waals surface area contributed by atoms with Gasteiger partial charge in [-0.2, -0.15) is 0 Å². The Hall–Kier alpha value is -0.760. The van der Waals surface area contributed by atoms with E-state index < -0.39 is 20.0 Å². The minimum atomic E-state index is -4.57. The highest BCUT2D eigenvalue weighted by Crippen LogP contribution is 2.38. The molecular formula is C58H117N2O6P. The molecule has 9 heteroatoms. The van der Waals surface area contributed by atoms with Gasteiger partial charge in [0.25, 0.3) is 7.82 Å². The molecule has 8 nitrogen and oxygen atoms in total. The van der Waals surface area contributed by atoms with Crippen LogP contribution in [-0.4, -0.2) is 68.5 Å². The predicted octanol–water partition coefficient (Wildman–Crippen LogP) is 17.2. The lowest BCUT2D eigenvalue weighted by Crippen LogP contribution is -2.46. The topological polar surface area (TPSA) is 108 Å². The first-order chi connectivity index (χ1) is 32.5.